The minimum Gasteiger partial charge on any atom is -0.477 e. The molecule has 7 heteroatoms. The van der Waals surface area contributed by atoms with Gasteiger partial charge in [0.05, 0.1) is 5.69 Å². The molecule has 0 aliphatic heterocycles. The summed E-state index contributed by atoms with van der Waals surface area (Å²) in [5.74, 6) is 0.112. The van der Waals surface area contributed by atoms with Gasteiger partial charge < -0.3 is 10.4 Å². The number of aromatic nitrogens is 2. The average Bonchev–Trinajstić information content (AvgIpc) is 2.48. The molecule has 0 saturated heterocycles. The van der Waals surface area contributed by atoms with E-state index in [1.807, 2.05) is 0 Å². The summed E-state index contributed by atoms with van der Waals surface area (Å²) < 4.78 is 12.4. The Kier molecular flexibility index (Phi) is 4.68. The van der Waals surface area contributed by atoms with Crippen LogP contribution in [0.1, 0.15) is 22.5 Å². The molecule has 1 unspecified atom stereocenters. The Morgan fingerprint density at radius 1 is 1.59 bits per heavy atom. The van der Waals surface area contributed by atoms with Crippen LogP contribution in [-0.4, -0.2) is 43.6 Å². The zero-order valence-corrected chi connectivity index (χ0v) is 11.0. The van der Waals surface area contributed by atoms with Crippen molar-refractivity contribution >= 4 is 22.6 Å². The maximum atomic E-state index is 11.1. The van der Waals surface area contributed by atoms with Gasteiger partial charge in [-0.3, -0.25) is 8.89 Å². The molecule has 1 aromatic rings. The van der Waals surface area contributed by atoms with E-state index in [1.165, 1.54) is 4.68 Å². The Morgan fingerprint density at radius 2 is 2.24 bits per heavy atom. The fourth-order valence-corrected chi connectivity index (χ4v) is 2.15. The van der Waals surface area contributed by atoms with Crippen LogP contribution in [0.4, 0.5) is 5.82 Å². The molecule has 0 aromatic carbocycles. The first kappa shape index (κ1) is 13.7. The normalized spacial score (nSPS) is 12.4. The molecule has 17 heavy (non-hydrogen) atoms. The fourth-order valence-electron chi connectivity index (χ4n) is 1.60. The summed E-state index contributed by atoms with van der Waals surface area (Å²) in [4.78, 5) is 11.1. The van der Waals surface area contributed by atoms with Crippen LogP contribution in [-0.2, 0) is 17.8 Å². The molecule has 0 spiro atoms. The van der Waals surface area contributed by atoms with Crippen molar-refractivity contribution in [1.82, 2.24) is 9.78 Å². The maximum Gasteiger partial charge on any atom is 0.341 e. The number of carboxylic acid groups (broad SMARTS) is 1. The number of rotatable bonds is 6. The quantitative estimate of drug-likeness (QED) is 0.731. The minimum absolute atomic E-state index is 0.199. The lowest BCUT2D eigenvalue weighted by Gasteiger charge is -2.07. The van der Waals surface area contributed by atoms with E-state index in [9.17, 15) is 9.00 Å². The molecule has 0 radical (unpaired) electrons. The molecule has 96 valence electrons. The van der Waals surface area contributed by atoms with E-state index in [1.54, 1.807) is 20.2 Å². The van der Waals surface area contributed by atoms with Crippen LogP contribution < -0.4 is 5.32 Å². The van der Waals surface area contributed by atoms with Gasteiger partial charge in [-0.2, -0.15) is 5.10 Å². The monoisotopic (exact) mass is 259 g/mol. The van der Waals surface area contributed by atoms with Gasteiger partial charge in [-0.25, -0.2) is 4.79 Å². The van der Waals surface area contributed by atoms with Gasteiger partial charge in [-0.15, -0.1) is 0 Å². The summed E-state index contributed by atoms with van der Waals surface area (Å²) in [7, 11) is 0.878. The predicted molar refractivity (Wildman–Crippen MR) is 66.9 cm³/mol. The lowest BCUT2D eigenvalue weighted by Crippen LogP contribution is -2.12. The third-order valence-electron chi connectivity index (χ3n) is 2.34. The molecule has 1 heterocycles. The fraction of sp³-hybridized carbons (Fsp3) is 0.600. The van der Waals surface area contributed by atoms with Crippen LogP contribution in [0.25, 0.3) is 0 Å². The van der Waals surface area contributed by atoms with Gasteiger partial charge in [0.25, 0.3) is 0 Å². The SMILES string of the molecule is Cc1nn(C)c(NCCCS(C)=O)c1C(=O)O. The smallest absolute Gasteiger partial charge is 0.341 e. The zero-order valence-electron chi connectivity index (χ0n) is 10.2. The second kappa shape index (κ2) is 5.81. The number of nitrogens with one attached hydrogen (secondary N) is 1. The number of carbonyl (C=O) groups is 1. The van der Waals surface area contributed by atoms with E-state index in [-0.39, 0.29) is 5.56 Å². The highest BCUT2D eigenvalue weighted by atomic mass is 32.2. The van der Waals surface area contributed by atoms with Crippen LogP contribution in [0.5, 0.6) is 0 Å². The molecule has 1 rings (SSSR count). The molecule has 6 nitrogen and oxygen atoms in total. The summed E-state index contributed by atoms with van der Waals surface area (Å²) in [5, 5.41) is 16.1. The van der Waals surface area contributed by atoms with Gasteiger partial charge in [-0.1, -0.05) is 0 Å². The number of carboxylic acids is 1. The van der Waals surface area contributed by atoms with Gasteiger partial charge in [0.1, 0.15) is 11.4 Å². The third-order valence-corrected chi connectivity index (χ3v) is 3.20. The van der Waals surface area contributed by atoms with Crippen LogP contribution >= 0.6 is 0 Å². The Hall–Kier alpha value is -1.37. The summed E-state index contributed by atoms with van der Waals surface area (Å²) in [6.45, 7) is 2.24. The van der Waals surface area contributed by atoms with Crippen molar-refractivity contribution in [3.05, 3.63) is 11.3 Å². The van der Waals surface area contributed by atoms with Crippen molar-refractivity contribution in [2.75, 3.05) is 23.9 Å². The van der Waals surface area contributed by atoms with E-state index in [4.69, 9.17) is 5.11 Å². The number of anilines is 1. The first-order valence-electron chi connectivity index (χ1n) is 5.24. The van der Waals surface area contributed by atoms with Crippen LogP contribution in [0.3, 0.4) is 0 Å². The van der Waals surface area contributed by atoms with Gasteiger partial charge in [0, 0.05) is 36.4 Å². The van der Waals surface area contributed by atoms with E-state index >= 15 is 0 Å². The van der Waals surface area contributed by atoms with Crippen molar-refractivity contribution < 1.29 is 14.1 Å². The molecular formula is C10H17N3O3S. The predicted octanol–water partition coefficient (Wildman–Crippen LogP) is 0.607. The molecule has 1 atom stereocenters. The van der Waals surface area contributed by atoms with Crippen molar-refractivity contribution in [2.45, 2.75) is 13.3 Å². The average molecular weight is 259 g/mol. The van der Waals surface area contributed by atoms with Gasteiger partial charge in [-0.05, 0) is 13.3 Å². The van der Waals surface area contributed by atoms with Gasteiger partial charge >= 0.3 is 5.97 Å². The van der Waals surface area contributed by atoms with Gasteiger partial charge in [0.2, 0.25) is 0 Å². The molecule has 0 aliphatic carbocycles. The van der Waals surface area contributed by atoms with E-state index in [2.05, 4.69) is 10.4 Å². The summed E-state index contributed by atoms with van der Waals surface area (Å²) in [6, 6.07) is 0. The van der Waals surface area contributed by atoms with Gasteiger partial charge in [0.15, 0.2) is 0 Å². The highest BCUT2D eigenvalue weighted by Gasteiger charge is 2.18. The van der Waals surface area contributed by atoms with Crippen LogP contribution in [0.15, 0.2) is 0 Å². The Bertz CT molecular complexity index is 442. The molecular weight excluding hydrogens is 242 g/mol. The third kappa shape index (κ3) is 3.55. The number of nitrogens with zero attached hydrogens (tertiary/aromatic N) is 2. The van der Waals surface area contributed by atoms with Crippen molar-refractivity contribution in [3.8, 4) is 0 Å². The summed E-state index contributed by atoms with van der Waals surface area (Å²) >= 11 is 0. The van der Waals surface area contributed by atoms with Crippen molar-refractivity contribution in [2.24, 2.45) is 7.05 Å². The molecule has 0 amide bonds. The van der Waals surface area contributed by atoms with Crippen LogP contribution in [0, 0.1) is 6.92 Å². The standard InChI is InChI=1S/C10H17N3O3S/c1-7-8(10(14)15)9(13(2)12-7)11-5-4-6-17(3)16/h11H,4-6H2,1-3H3,(H,14,15). The Labute approximate surface area is 102 Å². The molecule has 2 N–H and O–H groups in total. The molecule has 1 aromatic heterocycles. The zero-order chi connectivity index (χ0) is 13.0. The maximum absolute atomic E-state index is 11.1. The lowest BCUT2D eigenvalue weighted by atomic mass is 10.2. The number of hydrogen-bond acceptors (Lipinski definition) is 4. The van der Waals surface area contributed by atoms with Crippen molar-refractivity contribution in [1.29, 1.82) is 0 Å². The van der Waals surface area contributed by atoms with E-state index < -0.39 is 16.8 Å². The molecule has 0 aliphatic rings. The van der Waals surface area contributed by atoms with Crippen molar-refractivity contribution in [3.63, 3.8) is 0 Å². The first-order chi connectivity index (χ1) is 7.93. The molecule has 0 fully saturated rings. The topological polar surface area (TPSA) is 84.2 Å². The lowest BCUT2D eigenvalue weighted by molar-refractivity contribution is 0.0697. The second-order valence-corrected chi connectivity index (χ2v) is 5.35. The Morgan fingerprint density at radius 3 is 2.76 bits per heavy atom. The van der Waals surface area contributed by atoms with Crippen LogP contribution in [0.2, 0.25) is 0 Å². The number of aryl methyl sites for hydroxylation is 2. The summed E-state index contributed by atoms with van der Waals surface area (Å²) in [5.41, 5.74) is 0.687. The second-order valence-electron chi connectivity index (χ2n) is 3.80. The minimum atomic E-state index is -0.989. The Balaban J connectivity index is 2.70. The highest BCUT2D eigenvalue weighted by Crippen LogP contribution is 2.18. The molecule has 0 bridgehead atoms. The first-order valence-corrected chi connectivity index (χ1v) is 6.97. The number of aromatic carboxylic acids is 1. The summed E-state index contributed by atoms with van der Waals surface area (Å²) in [6.07, 6.45) is 2.38. The number of hydrogen-bond donors (Lipinski definition) is 2. The molecule has 0 saturated carbocycles. The van der Waals surface area contributed by atoms with E-state index in [0.717, 1.165) is 6.42 Å². The largest absolute Gasteiger partial charge is 0.477 e. The highest BCUT2D eigenvalue weighted by molar-refractivity contribution is 7.84. The van der Waals surface area contributed by atoms with E-state index in [0.29, 0.717) is 23.8 Å².